The molecule has 0 spiro atoms. The minimum absolute atomic E-state index is 0.263. The molecule has 3 rings (SSSR count). The predicted octanol–water partition coefficient (Wildman–Crippen LogP) is 2.81. The zero-order valence-corrected chi connectivity index (χ0v) is 12.7. The predicted molar refractivity (Wildman–Crippen MR) is 80.6 cm³/mol. The topological polar surface area (TPSA) is 77.8 Å². The van der Waals surface area contributed by atoms with Gasteiger partial charge in [-0.3, -0.25) is 4.98 Å². The van der Waals surface area contributed by atoms with E-state index >= 15 is 0 Å². The Hall–Kier alpha value is -1.75. The second kappa shape index (κ2) is 5.93. The SMILES string of the molecule is Cc1cc(-c2noc(CC3CCCCC3N)n2)cc(C)n1. The quantitative estimate of drug-likeness (QED) is 0.938. The summed E-state index contributed by atoms with van der Waals surface area (Å²) in [5.74, 6) is 1.80. The molecule has 1 fully saturated rings. The van der Waals surface area contributed by atoms with E-state index < -0.39 is 0 Å². The Labute approximate surface area is 125 Å². The summed E-state index contributed by atoms with van der Waals surface area (Å²) in [7, 11) is 0. The molecule has 0 amide bonds. The normalized spacial score (nSPS) is 22.4. The van der Waals surface area contributed by atoms with Crippen LogP contribution in [-0.4, -0.2) is 21.2 Å². The highest BCUT2D eigenvalue weighted by molar-refractivity contribution is 5.55. The lowest BCUT2D eigenvalue weighted by atomic mass is 9.83. The Morgan fingerprint density at radius 3 is 2.57 bits per heavy atom. The van der Waals surface area contributed by atoms with Crippen LogP contribution in [0.3, 0.4) is 0 Å². The molecule has 0 aliphatic heterocycles. The van der Waals surface area contributed by atoms with Crippen LogP contribution < -0.4 is 5.73 Å². The first-order valence-electron chi connectivity index (χ1n) is 7.65. The number of hydrogen-bond donors (Lipinski definition) is 1. The molecule has 5 heteroatoms. The van der Waals surface area contributed by atoms with Crippen molar-refractivity contribution in [1.29, 1.82) is 0 Å². The van der Waals surface area contributed by atoms with Crippen molar-refractivity contribution in [2.75, 3.05) is 0 Å². The summed E-state index contributed by atoms with van der Waals surface area (Å²) in [6, 6.07) is 4.22. The maximum absolute atomic E-state index is 6.19. The molecule has 2 unspecified atom stereocenters. The Morgan fingerprint density at radius 1 is 1.14 bits per heavy atom. The van der Waals surface area contributed by atoms with Crippen molar-refractivity contribution in [3.63, 3.8) is 0 Å². The van der Waals surface area contributed by atoms with Crippen molar-refractivity contribution >= 4 is 0 Å². The van der Waals surface area contributed by atoms with Gasteiger partial charge < -0.3 is 10.3 Å². The lowest BCUT2D eigenvalue weighted by Crippen LogP contribution is -2.34. The summed E-state index contributed by atoms with van der Waals surface area (Å²) in [5.41, 5.74) is 9.07. The first-order chi connectivity index (χ1) is 10.1. The zero-order valence-electron chi connectivity index (χ0n) is 12.7. The van der Waals surface area contributed by atoms with E-state index in [0.717, 1.165) is 36.2 Å². The summed E-state index contributed by atoms with van der Waals surface area (Å²) in [6.07, 6.45) is 5.54. The minimum Gasteiger partial charge on any atom is -0.339 e. The van der Waals surface area contributed by atoms with Crippen LogP contribution in [0.5, 0.6) is 0 Å². The van der Waals surface area contributed by atoms with Gasteiger partial charge in [-0.05, 0) is 44.7 Å². The molecule has 21 heavy (non-hydrogen) atoms. The van der Waals surface area contributed by atoms with Crippen molar-refractivity contribution in [3.05, 3.63) is 29.4 Å². The van der Waals surface area contributed by atoms with Crippen molar-refractivity contribution in [3.8, 4) is 11.4 Å². The maximum atomic E-state index is 6.19. The van der Waals surface area contributed by atoms with E-state index in [9.17, 15) is 0 Å². The lowest BCUT2D eigenvalue weighted by Gasteiger charge is -2.27. The average Bonchev–Trinajstić information content (AvgIpc) is 2.89. The molecule has 2 N–H and O–H groups in total. The third-order valence-corrected chi connectivity index (χ3v) is 4.21. The highest BCUT2D eigenvalue weighted by atomic mass is 16.5. The molecular weight excluding hydrogens is 264 g/mol. The van der Waals surface area contributed by atoms with Gasteiger partial charge in [-0.2, -0.15) is 4.98 Å². The Morgan fingerprint density at radius 2 is 1.86 bits per heavy atom. The fourth-order valence-corrected chi connectivity index (χ4v) is 3.13. The molecule has 0 bridgehead atoms. The highest BCUT2D eigenvalue weighted by Gasteiger charge is 2.24. The van der Waals surface area contributed by atoms with E-state index in [1.54, 1.807) is 0 Å². The van der Waals surface area contributed by atoms with Gasteiger partial charge >= 0.3 is 0 Å². The summed E-state index contributed by atoms with van der Waals surface area (Å²) in [5, 5.41) is 4.10. The van der Waals surface area contributed by atoms with E-state index in [1.807, 2.05) is 26.0 Å². The van der Waals surface area contributed by atoms with Crippen molar-refractivity contribution < 1.29 is 4.52 Å². The smallest absolute Gasteiger partial charge is 0.227 e. The molecule has 5 nitrogen and oxygen atoms in total. The third-order valence-electron chi connectivity index (χ3n) is 4.21. The fraction of sp³-hybridized carbons (Fsp3) is 0.562. The molecule has 2 aromatic heterocycles. The number of aryl methyl sites for hydroxylation is 2. The molecule has 2 aromatic rings. The first-order valence-corrected chi connectivity index (χ1v) is 7.65. The summed E-state index contributed by atoms with van der Waals surface area (Å²) in [6.45, 7) is 3.94. The van der Waals surface area contributed by atoms with Crippen LogP contribution in [0, 0.1) is 19.8 Å². The Kier molecular flexibility index (Phi) is 4.01. The number of nitrogens with two attached hydrogens (primary N) is 1. The Balaban J connectivity index is 1.76. The van der Waals surface area contributed by atoms with Crippen LogP contribution in [-0.2, 0) is 6.42 Å². The van der Waals surface area contributed by atoms with Gasteiger partial charge in [-0.15, -0.1) is 0 Å². The average molecular weight is 286 g/mol. The molecule has 0 aromatic carbocycles. The first kappa shape index (κ1) is 14.2. The molecule has 1 aliphatic carbocycles. The monoisotopic (exact) mass is 286 g/mol. The lowest BCUT2D eigenvalue weighted by molar-refractivity contribution is 0.273. The van der Waals surface area contributed by atoms with Gasteiger partial charge in [0.1, 0.15) is 0 Å². The van der Waals surface area contributed by atoms with E-state index in [1.165, 1.54) is 12.8 Å². The van der Waals surface area contributed by atoms with Crippen LogP contribution in [0.25, 0.3) is 11.4 Å². The van der Waals surface area contributed by atoms with Gasteiger partial charge in [-0.1, -0.05) is 18.0 Å². The molecule has 0 radical (unpaired) electrons. The van der Waals surface area contributed by atoms with Gasteiger partial charge in [0.2, 0.25) is 11.7 Å². The third kappa shape index (κ3) is 3.29. The number of aromatic nitrogens is 3. The molecule has 1 saturated carbocycles. The molecule has 2 atom stereocenters. The molecule has 1 aliphatic rings. The summed E-state index contributed by atoms with van der Waals surface area (Å²) in [4.78, 5) is 8.90. The second-order valence-electron chi connectivity index (χ2n) is 6.06. The summed E-state index contributed by atoms with van der Waals surface area (Å²) < 4.78 is 5.41. The number of rotatable bonds is 3. The van der Waals surface area contributed by atoms with Crippen molar-refractivity contribution in [2.24, 2.45) is 11.7 Å². The van der Waals surface area contributed by atoms with Crippen LogP contribution in [0.15, 0.2) is 16.7 Å². The van der Waals surface area contributed by atoms with Gasteiger partial charge in [0, 0.05) is 29.4 Å². The van der Waals surface area contributed by atoms with Gasteiger partial charge in [0.25, 0.3) is 0 Å². The largest absolute Gasteiger partial charge is 0.339 e. The zero-order chi connectivity index (χ0) is 14.8. The van der Waals surface area contributed by atoms with Crippen LogP contribution in [0.4, 0.5) is 0 Å². The van der Waals surface area contributed by atoms with Crippen LogP contribution in [0.1, 0.15) is 43.0 Å². The van der Waals surface area contributed by atoms with E-state index in [2.05, 4.69) is 15.1 Å². The van der Waals surface area contributed by atoms with Crippen molar-refractivity contribution in [1.82, 2.24) is 15.1 Å². The van der Waals surface area contributed by atoms with Gasteiger partial charge in [-0.25, -0.2) is 0 Å². The van der Waals surface area contributed by atoms with Crippen LogP contribution in [0.2, 0.25) is 0 Å². The van der Waals surface area contributed by atoms with Gasteiger partial charge in [0.15, 0.2) is 0 Å². The maximum Gasteiger partial charge on any atom is 0.227 e. The molecule has 112 valence electrons. The molecular formula is C16H22N4O. The fourth-order valence-electron chi connectivity index (χ4n) is 3.13. The number of nitrogens with zero attached hydrogens (tertiary/aromatic N) is 3. The Bertz CT molecular complexity index is 602. The van der Waals surface area contributed by atoms with Crippen molar-refractivity contribution in [2.45, 2.75) is 52.0 Å². The standard InChI is InChI=1S/C16H22N4O/c1-10-7-13(8-11(2)18-10)16-19-15(21-20-16)9-12-5-3-4-6-14(12)17/h7-8,12,14H,3-6,9,17H2,1-2H3. The number of pyridine rings is 1. The van der Waals surface area contributed by atoms with E-state index in [4.69, 9.17) is 10.3 Å². The van der Waals surface area contributed by atoms with E-state index in [-0.39, 0.29) is 6.04 Å². The minimum atomic E-state index is 0.263. The van der Waals surface area contributed by atoms with Crippen LogP contribution >= 0.6 is 0 Å². The summed E-state index contributed by atoms with van der Waals surface area (Å²) >= 11 is 0. The van der Waals surface area contributed by atoms with Gasteiger partial charge in [0.05, 0.1) is 0 Å². The number of hydrogen-bond acceptors (Lipinski definition) is 5. The highest BCUT2D eigenvalue weighted by Crippen LogP contribution is 2.26. The molecule has 2 heterocycles. The second-order valence-corrected chi connectivity index (χ2v) is 6.06. The molecule has 0 saturated heterocycles. The van der Waals surface area contributed by atoms with E-state index in [0.29, 0.717) is 17.6 Å².